The van der Waals surface area contributed by atoms with Gasteiger partial charge in [-0.3, -0.25) is 14.9 Å². The van der Waals surface area contributed by atoms with Gasteiger partial charge in [-0.05, 0) is 36.4 Å². The van der Waals surface area contributed by atoms with Crippen LogP contribution in [0.25, 0.3) is 0 Å². The largest absolute Gasteiger partial charge is 0.368 e. The van der Waals surface area contributed by atoms with Crippen molar-refractivity contribution in [2.24, 2.45) is 5.73 Å². The molecule has 25 heavy (non-hydrogen) atoms. The first-order valence-electron chi connectivity index (χ1n) is 7.79. The Bertz CT molecular complexity index is 802. The van der Waals surface area contributed by atoms with Crippen molar-refractivity contribution in [3.8, 4) is 0 Å². The fraction of sp³-hybridized carbons (Fsp3) is 0.235. The summed E-state index contributed by atoms with van der Waals surface area (Å²) >= 11 is 0. The Hall–Kier alpha value is -3.16. The average Bonchev–Trinajstić information content (AvgIpc) is 2.62. The van der Waals surface area contributed by atoms with Crippen molar-refractivity contribution in [3.05, 3.63) is 64.0 Å². The second kappa shape index (κ2) is 6.76. The van der Waals surface area contributed by atoms with Gasteiger partial charge in [0.2, 0.25) is 5.91 Å². The summed E-state index contributed by atoms with van der Waals surface area (Å²) in [6.45, 7) is 2.46. The molecule has 3 rings (SSSR count). The molecular weight excluding hydrogens is 327 g/mol. The number of nitrogens with two attached hydrogens (primary N) is 1. The molecule has 0 spiro atoms. The van der Waals surface area contributed by atoms with Gasteiger partial charge in [-0.15, -0.1) is 0 Å². The number of benzene rings is 2. The SMILES string of the molecule is NC(=O)c1ccc(N2CCN(c3ccc(F)cc3[N+](=O)[O-])CC2)cc1. The number of carbonyl (C=O) groups excluding carboxylic acids is 1. The number of hydrogen-bond acceptors (Lipinski definition) is 5. The van der Waals surface area contributed by atoms with Crippen LogP contribution in [0.3, 0.4) is 0 Å². The summed E-state index contributed by atoms with van der Waals surface area (Å²) < 4.78 is 13.3. The number of amides is 1. The number of nitro benzene ring substituents is 1. The van der Waals surface area contributed by atoms with Crippen LogP contribution in [0.5, 0.6) is 0 Å². The molecule has 0 aromatic heterocycles. The number of halogens is 1. The van der Waals surface area contributed by atoms with E-state index >= 15 is 0 Å². The quantitative estimate of drug-likeness (QED) is 0.678. The zero-order valence-electron chi connectivity index (χ0n) is 13.4. The molecule has 2 aromatic rings. The minimum atomic E-state index is -0.622. The van der Waals surface area contributed by atoms with Crippen molar-refractivity contribution in [1.82, 2.24) is 0 Å². The number of piperazine rings is 1. The van der Waals surface area contributed by atoms with Crippen LogP contribution in [-0.2, 0) is 0 Å². The van der Waals surface area contributed by atoms with E-state index in [1.54, 1.807) is 12.1 Å². The molecule has 7 nitrogen and oxygen atoms in total. The second-order valence-corrected chi connectivity index (χ2v) is 5.78. The number of anilines is 2. The lowest BCUT2D eigenvalue weighted by Crippen LogP contribution is -2.46. The van der Waals surface area contributed by atoms with Gasteiger partial charge in [-0.1, -0.05) is 0 Å². The topological polar surface area (TPSA) is 92.7 Å². The van der Waals surface area contributed by atoms with Gasteiger partial charge in [0, 0.05) is 37.4 Å². The summed E-state index contributed by atoms with van der Waals surface area (Å²) in [6, 6.07) is 10.6. The van der Waals surface area contributed by atoms with Gasteiger partial charge < -0.3 is 15.5 Å². The monoisotopic (exact) mass is 344 g/mol. The Kier molecular flexibility index (Phi) is 4.51. The highest BCUT2D eigenvalue weighted by atomic mass is 19.1. The first-order valence-corrected chi connectivity index (χ1v) is 7.79. The van der Waals surface area contributed by atoms with E-state index in [2.05, 4.69) is 4.90 Å². The van der Waals surface area contributed by atoms with Crippen molar-refractivity contribution in [2.45, 2.75) is 0 Å². The minimum Gasteiger partial charge on any atom is -0.368 e. The maximum Gasteiger partial charge on any atom is 0.295 e. The summed E-state index contributed by atoms with van der Waals surface area (Å²) in [5.74, 6) is -1.09. The van der Waals surface area contributed by atoms with Gasteiger partial charge in [0.1, 0.15) is 11.5 Å². The Labute approximate surface area is 143 Å². The Morgan fingerprint density at radius 2 is 1.64 bits per heavy atom. The van der Waals surface area contributed by atoms with Crippen molar-refractivity contribution in [1.29, 1.82) is 0 Å². The molecule has 1 amide bonds. The highest BCUT2D eigenvalue weighted by Crippen LogP contribution is 2.30. The van der Waals surface area contributed by atoms with E-state index < -0.39 is 16.6 Å². The van der Waals surface area contributed by atoms with Crippen LogP contribution in [-0.4, -0.2) is 37.0 Å². The van der Waals surface area contributed by atoms with E-state index in [0.29, 0.717) is 37.4 Å². The molecule has 0 saturated carbocycles. The number of hydrogen-bond donors (Lipinski definition) is 1. The molecule has 1 heterocycles. The van der Waals surface area contributed by atoms with Crippen LogP contribution in [0, 0.1) is 15.9 Å². The Morgan fingerprint density at radius 3 is 2.20 bits per heavy atom. The summed E-state index contributed by atoms with van der Waals surface area (Å²) in [7, 11) is 0. The predicted octanol–water partition coefficient (Wildman–Crippen LogP) is 2.16. The van der Waals surface area contributed by atoms with Gasteiger partial charge in [0.05, 0.1) is 11.0 Å². The van der Waals surface area contributed by atoms with Crippen LogP contribution in [0.2, 0.25) is 0 Å². The van der Waals surface area contributed by atoms with Gasteiger partial charge >= 0.3 is 0 Å². The summed E-state index contributed by atoms with van der Waals surface area (Å²) in [5.41, 5.74) is 6.84. The molecular formula is C17H17FN4O3. The predicted molar refractivity (Wildman–Crippen MR) is 92.4 cm³/mol. The molecule has 2 N–H and O–H groups in total. The maximum atomic E-state index is 13.3. The van der Waals surface area contributed by atoms with Crippen LogP contribution >= 0.6 is 0 Å². The highest BCUT2D eigenvalue weighted by molar-refractivity contribution is 5.93. The molecule has 0 unspecified atom stereocenters. The van der Waals surface area contributed by atoms with Gasteiger partial charge in [-0.2, -0.15) is 0 Å². The molecule has 0 radical (unpaired) electrons. The zero-order valence-corrected chi connectivity index (χ0v) is 13.4. The lowest BCUT2D eigenvalue weighted by molar-refractivity contribution is -0.384. The molecule has 1 aliphatic rings. The maximum absolute atomic E-state index is 13.3. The number of rotatable bonds is 4. The van der Waals surface area contributed by atoms with Crippen molar-refractivity contribution in [2.75, 3.05) is 36.0 Å². The summed E-state index contributed by atoms with van der Waals surface area (Å²) in [4.78, 5) is 25.7. The van der Waals surface area contributed by atoms with E-state index in [4.69, 9.17) is 5.73 Å². The smallest absolute Gasteiger partial charge is 0.295 e. The standard InChI is InChI=1S/C17H17FN4O3/c18-13-3-6-15(16(11-13)22(24)25)21-9-7-20(8-10-21)14-4-1-12(2-5-14)17(19)23/h1-6,11H,7-10H2,(H2,19,23). The lowest BCUT2D eigenvalue weighted by Gasteiger charge is -2.37. The van der Waals surface area contributed by atoms with E-state index in [-0.39, 0.29) is 5.69 Å². The third-order valence-corrected chi connectivity index (χ3v) is 4.27. The van der Waals surface area contributed by atoms with Gasteiger partial charge in [-0.25, -0.2) is 4.39 Å². The van der Waals surface area contributed by atoms with Gasteiger partial charge in [0.15, 0.2) is 0 Å². The number of primary amides is 1. The Morgan fingerprint density at radius 1 is 1.04 bits per heavy atom. The molecule has 1 fully saturated rings. The Balaban J connectivity index is 1.72. The average molecular weight is 344 g/mol. The third-order valence-electron chi connectivity index (χ3n) is 4.27. The van der Waals surface area contributed by atoms with Crippen molar-refractivity contribution >= 4 is 23.0 Å². The first-order chi connectivity index (χ1) is 12.0. The molecule has 2 aromatic carbocycles. The summed E-state index contributed by atoms with van der Waals surface area (Å²) in [6.07, 6.45) is 0. The lowest BCUT2D eigenvalue weighted by atomic mass is 10.1. The van der Waals surface area contributed by atoms with E-state index in [9.17, 15) is 19.3 Å². The molecule has 8 heteroatoms. The van der Waals surface area contributed by atoms with Crippen molar-refractivity contribution in [3.63, 3.8) is 0 Å². The molecule has 0 aliphatic carbocycles. The van der Waals surface area contributed by atoms with Gasteiger partial charge in [0.25, 0.3) is 5.69 Å². The highest BCUT2D eigenvalue weighted by Gasteiger charge is 2.24. The number of nitro groups is 1. The van der Waals surface area contributed by atoms with Crippen LogP contribution in [0.4, 0.5) is 21.5 Å². The molecule has 0 atom stereocenters. The van der Waals surface area contributed by atoms with E-state index in [0.717, 1.165) is 11.8 Å². The minimum absolute atomic E-state index is 0.223. The fourth-order valence-electron chi connectivity index (χ4n) is 2.95. The molecule has 1 aliphatic heterocycles. The molecule has 130 valence electrons. The molecule has 0 bridgehead atoms. The van der Waals surface area contributed by atoms with E-state index in [1.807, 2.05) is 17.0 Å². The fourth-order valence-corrected chi connectivity index (χ4v) is 2.95. The van der Waals surface area contributed by atoms with Crippen LogP contribution < -0.4 is 15.5 Å². The number of carbonyl (C=O) groups is 1. The van der Waals surface area contributed by atoms with Crippen molar-refractivity contribution < 1.29 is 14.1 Å². The zero-order chi connectivity index (χ0) is 18.0. The van der Waals surface area contributed by atoms with Crippen LogP contribution in [0.15, 0.2) is 42.5 Å². The summed E-state index contributed by atoms with van der Waals surface area (Å²) in [5, 5.41) is 11.2. The second-order valence-electron chi connectivity index (χ2n) is 5.78. The first kappa shape index (κ1) is 16.7. The number of nitrogens with zero attached hydrogens (tertiary/aromatic N) is 3. The molecule has 1 saturated heterocycles. The van der Waals surface area contributed by atoms with Crippen LogP contribution in [0.1, 0.15) is 10.4 Å². The normalized spacial score (nSPS) is 14.4. The third kappa shape index (κ3) is 3.52. The van der Waals surface area contributed by atoms with E-state index in [1.165, 1.54) is 12.1 Å².